The number of nitrogens with two attached hydrogens (primary N) is 1. The SMILES string of the molecule is CC(C)CCOc1ccccc1-c1cc(-c2ccccc2N)[nH]n1. The van der Waals surface area contributed by atoms with Crippen LogP contribution in [-0.2, 0) is 0 Å². The molecule has 3 N–H and O–H groups in total. The maximum absolute atomic E-state index is 6.05. The van der Waals surface area contributed by atoms with E-state index in [1.807, 2.05) is 54.6 Å². The van der Waals surface area contributed by atoms with Crippen molar-refractivity contribution in [3.63, 3.8) is 0 Å². The fourth-order valence-electron chi connectivity index (χ4n) is 2.55. The van der Waals surface area contributed by atoms with Crippen LogP contribution in [0.1, 0.15) is 20.3 Å². The number of nitrogens with one attached hydrogen (secondary N) is 1. The minimum Gasteiger partial charge on any atom is -0.493 e. The quantitative estimate of drug-likeness (QED) is 0.644. The summed E-state index contributed by atoms with van der Waals surface area (Å²) in [5.41, 5.74) is 10.5. The van der Waals surface area contributed by atoms with Gasteiger partial charge in [-0.15, -0.1) is 0 Å². The van der Waals surface area contributed by atoms with Crippen molar-refractivity contribution in [1.29, 1.82) is 0 Å². The second-order valence-corrected chi connectivity index (χ2v) is 6.28. The van der Waals surface area contributed by atoms with Crippen LogP contribution >= 0.6 is 0 Å². The molecule has 0 bridgehead atoms. The largest absolute Gasteiger partial charge is 0.493 e. The van der Waals surface area contributed by atoms with E-state index in [-0.39, 0.29) is 0 Å². The van der Waals surface area contributed by atoms with Gasteiger partial charge in [-0.05, 0) is 36.6 Å². The molecule has 0 amide bonds. The summed E-state index contributed by atoms with van der Waals surface area (Å²) < 4.78 is 5.96. The summed E-state index contributed by atoms with van der Waals surface area (Å²) in [5.74, 6) is 1.48. The zero-order valence-electron chi connectivity index (χ0n) is 14.1. The highest BCUT2D eigenvalue weighted by Crippen LogP contribution is 2.32. The summed E-state index contributed by atoms with van der Waals surface area (Å²) in [7, 11) is 0. The molecule has 3 rings (SSSR count). The number of benzene rings is 2. The van der Waals surface area contributed by atoms with E-state index in [1.54, 1.807) is 0 Å². The number of hydrogen-bond acceptors (Lipinski definition) is 3. The van der Waals surface area contributed by atoms with Crippen LogP contribution < -0.4 is 10.5 Å². The highest BCUT2D eigenvalue weighted by atomic mass is 16.5. The van der Waals surface area contributed by atoms with Crippen molar-refractivity contribution >= 4 is 5.69 Å². The molecule has 0 aliphatic carbocycles. The molecule has 0 saturated carbocycles. The molecule has 0 radical (unpaired) electrons. The van der Waals surface area contributed by atoms with Crippen molar-refractivity contribution in [2.24, 2.45) is 5.92 Å². The molecule has 4 heteroatoms. The maximum Gasteiger partial charge on any atom is 0.128 e. The van der Waals surface area contributed by atoms with Gasteiger partial charge in [0.1, 0.15) is 5.75 Å². The zero-order chi connectivity index (χ0) is 16.9. The van der Waals surface area contributed by atoms with Crippen LogP contribution in [0.25, 0.3) is 22.5 Å². The van der Waals surface area contributed by atoms with Crippen LogP contribution in [0.2, 0.25) is 0 Å². The average molecular weight is 321 g/mol. The first-order chi connectivity index (χ1) is 11.6. The number of ether oxygens (including phenoxy) is 1. The molecule has 1 aromatic heterocycles. The molecule has 2 aromatic carbocycles. The van der Waals surface area contributed by atoms with E-state index < -0.39 is 0 Å². The smallest absolute Gasteiger partial charge is 0.128 e. The number of para-hydroxylation sites is 2. The van der Waals surface area contributed by atoms with Crippen molar-refractivity contribution in [1.82, 2.24) is 10.2 Å². The first-order valence-electron chi connectivity index (χ1n) is 8.27. The Morgan fingerprint density at radius 2 is 1.75 bits per heavy atom. The number of H-pyrrole nitrogens is 1. The van der Waals surface area contributed by atoms with E-state index in [1.165, 1.54) is 0 Å². The molecule has 0 unspecified atom stereocenters. The number of hydrogen-bond donors (Lipinski definition) is 2. The van der Waals surface area contributed by atoms with Crippen molar-refractivity contribution in [2.75, 3.05) is 12.3 Å². The number of nitrogens with zero attached hydrogens (tertiary/aromatic N) is 1. The van der Waals surface area contributed by atoms with Gasteiger partial charge in [0.05, 0.1) is 18.0 Å². The summed E-state index contributed by atoms with van der Waals surface area (Å²) in [4.78, 5) is 0. The standard InChI is InChI=1S/C20H23N3O/c1-14(2)11-12-24-20-10-6-4-8-16(20)19-13-18(22-23-19)15-7-3-5-9-17(15)21/h3-10,13-14H,11-12,21H2,1-2H3,(H,22,23). The highest BCUT2D eigenvalue weighted by molar-refractivity contribution is 5.77. The predicted octanol–water partition coefficient (Wildman–Crippen LogP) is 4.75. The summed E-state index contributed by atoms with van der Waals surface area (Å²) in [6.45, 7) is 5.09. The molecule has 24 heavy (non-hydrogen) atoms. The van der Waals surface area contributed by atoms with Gasteiger partial charge in [-0.3, -0.25) is 5.10 Å². The molecule has 0 aliphatic heterocycles. The highest BCUT2D eigenvalue weighted by Gasteiger charge is 2.12. The number of aromatic nitrogens is 2. The van der Waals surface area contributed by atoms with Gasteiger partial charge in [0.2, 0.25) is 0 Å². The summed E-state index contributed by atoms with van der Waals surface area (Å²) in [6, 6.07) is 17.8. The average Bonchev–Trinajstić information content (AvgIpc) is 3.05. The van der Waals surface area contributed by atoms with Gasteiger partial charge >= 0.3 is 0 Å². The molecule has 0 spiro atoms. The van der Waals surface area contributed by atoms with E-state index >= 15 is 0 Å². The lowest BCUT2D eigenvalue weighted by Crippen LogP contribution is -2.02. The molecule has 4 nitrogen and oxygen atoms in total. The molecule has 124 valence electrons. The van der Waals surface area contributed by atoms with Crippen LogP contribution in [0, 0.1) is 5.92 Å². The van der Waals surface area contributed by atoms with E-state index in [0.717, 1.165) is 40.4 Å². The number of aromatic amines is 1. The molecule has 0 atom stereocenters. The molecular formula is C20H23N3O. The van der Waals surface area contributed by atoms with Gasteiger partial charge in [-0.25, -0.2) is 0 Å². The lowest BCUT2D eigenvalue weighted by molar-refractivity contribution is 0.290. The van der Waals surface area contributed by atoms with Gasteiger partial charge < -0.3 is 10.5 Å². The molecular weight excluding hydrogens is 298 g/mol. The summed E-state index contributed by atoms with van der Waals surface area (Å²) in [5, 5.41) is 7.52. The Hall–Kier alpha value is -2.75. The Bertz CT molecular complexity index is 808. The van der Waals surface area contributed by atoms with Gasteiger partial charge in [0.15, 0.2) is 0 Å². The van der Waals surface area contributed by atoms with Crippen LogP contribution in [0.15, 0.2) is 54.6 Å². The van der Waals surface area contributed by atoms with Gasteiger partial charge in [-0.1, -0.05) is 44.2 Å². The maximum atomic E-state index is 6.05. The van der Waals surface area contributed by atoms with Crippen molar-refractivity contribution < 1.29 is 4.74 Å². The topological polar surface area (TPSA) is 63.9 Å². The number of rotatable bonds is 6. The Morgan fingerprint density at radius 3 is 2.50 bits per heavy atom. The molecule has 0 saturated heterocycles. The predicted molar refractivity (Wildman–Crippen MR) is 98.8 cm³/mol. The number of nitrogen functional groups attached to an aromatic ring is 1. The summed E-state index contributed by atoms with van der Waals surface area (Å²) >= 11 is 0. The van der Waals surface area contributed by atoms with Gasteiger partial charge in [0.25, 0.3) is 0 Å². The van der Waals surface area contributed by atoms with Crippen LogP contribution in [-0.4, -0.2) is 16.8 Å². The van der Waals surface area contributed by atoms with Crippen molar-refractivity contribution in [3.8, 4) is 28.3 Å². The van der Waals surface area contributed by atoms with Crippen molar-refractivity contribution in [3.05, 3.63) is 54.6 Å². The Balaban J connectivity index is 1.87. The van der Waals surface area contributed by atoms with E-state index in [9.17, 15) is 0 Å². The molecule has 1 heterocycles. The fourth-order valence-corrected chi connectivity index (χ4v) is 2.55. The molecule has 3 aromatic rings. The minimum atomic E-state index is 0.621. The third-order valence-corrected chi connectivity index (χ3v) is 3.94. The van der Waals surface area contributed by atoms with E-state index in [4.69, 9.17) is 10.5 Å². The van der Waals surface area contributed by atoms with Gasteiger partial charge in [0, 0.05) is 16.8 Å². The lowest BCUT2D eigenvalue weighted by atomic mass is 10.1. The van der Waals surface area contributed by atoms with Gasteiger partial charge in [-0.2, -0.15) is 5.10 Å². The zero-order valence-corrected chi connectivity index (χ0v) is 14.1. The summed E-state index contributed by atoms with van der Waals surface area (Å²) in [6.07, 6.45) is 1.03. The van der Waals surface area contributed by atoms with Crippen LogP contribution in [0.5, 0.6) is 5.75 Å². The van der Waals surface area contributed by atoms with Crippen molar-refractivity contribution in [2.45, 2.75) is 20.3 Å². The minimum absolute atomic E-state index is 0.621. The third-order valence-electron chi connectivity index (χ3n) is 3.94. The lowest BCUT2D eigenvalue weighted by Gasteiger charge is -2.11. The second kappa shape index (κ2) is 7.21. The van der Waals surface area contributed by atoms with E-state index in [0.29, 0.717) is 12.5 Å². The Morgan fingerprint density at radius 1 is 1.04 bits per heavy atom. The van der Waals surface area contributed by atoms with Crippen LogP contribution in [0.3, 0.4) is 0 Å². The van der Waals surface area contributed by atoms with Crippen LogP contribution in [0.4, 0.5) is 5.69 Å². The van der Waals surface area contributed by atoms with E-state index in [2.05, 4.69) is 24.0 Å². The first kappa shape index (κ1) is 16.1. The monoisotopic (exact) mass is 321 g/mol. The Labute approximate surface area is 142 Å². The normalized spacial score (nSPS) is 11.0. The second-order valence-electron chi connectivity index (χ2n) is 6.28. The fraction of sp³-hybridized carbons (Fsp3) is 0.250. The molecule has 0 aliphatic rings. The Kier molecular flexibility index (Phi) is 4.85. The molecule has 0 fully saturated rings. The first-order valence-corrected chi connectivity index (χ1v) is 8.27. The number of anilines is 1. The third kappa shape index (κ3) is 3.59.